The van der Waals surface area contributed by atoms with Crippen LogP contribution >= 0.6 is 0 Å². The fourth-order valence-electron chi connectivity index (χ4n) is 2.54. The molecule has 2 N–H and O–H groups in total. The van der Waals surface area contributed by atoms with E-state index in [1.807, 2.05) is 24.3 Å². The van der Waals surface area contributed by atoms with Gasteiger partial charge in [0.05, 0.1) is 17.0 Å². The number of nitro benzene ring substituents is 1. The first kappa shape index (κ1) is 18.1. The van der Waals surface area contributed by atoms with Crippen molar-refractivity contribution in [2.24, 2.45) is 0 Å². The second kappa shape index (κ2) is 7.65. The van der Waals surface area contributed by atoms with Gasteiger partial charge in [-0.3, -0.25) is 19.7 Å². The largest absolute Gasteiger partial charge is 0.455 e. The van der Waals surface area contributed by atoms with Crippen LogP contribution in [-0.2, 0) is 20.7 Å². The summed E-state index contributed by atoms with van der Waals surface area (Å²) in [6.07, 6.45) is 1.65. The van der Waals surface area contributed by atoms with Gasteiger partial charge >= 0.3 is 5.97 Å². The van der Waals surface area contributed by atoms with Crippen molar-refractivity contribution in [2.75, 3.05) is 11.9 Å². The van der Waals surface area contributed by atoms with Crippen LogP contribution in [-0.4, -0.2) is 28.4 Å². The normalized spacial score (nSPS) is 10.6. The van der Waals surface area contributed by atoms with Crippen molar-refractivity contribution in [3.63, 3.8) is 0 Å². The van der Waals surface area contributed by atoms with Gasteiger partial charge in [-0.15, -0.1) is 0 Å². The number of carbonyl (C=O) groups excluding carboxylic acids is 2. The number of aromatic nitrogens is 1. The minimum atomic E-state index is -0.834. The van der Waals surface area contributed by atoms with Gasteiger partial charge in [-0.25, -0.2) is 4.39 Å². The molecule has 0 aliphatic heterocycles. The molecule has 1 aromatic heterocycles. The van der Waals surface area contributed by atoms with Crippen molar-refractivity contribution < 1.29 is 23.6 Å². The third-order valence-electron chi connectivity index (χ3n) is 3.81. The average Bonchev–Trinajstić information content (AvgIpc) is 3.05. The maximum Gasteiger partial charge on any atom is 0.310 e. The number of ether oxygens (including phenoxy) is 1. The predicted octanol–water partition coefficient (Wildman–Crippen LogP) is 2.94. The Morgan fingerprint density at radius 1 is 1.22 bits per heavy atom. The van der Waals surface area contributed by atoms with E-state index in [0.717, 1.165) is 34.7 Å². The van der Waals surface area contributed by atoms with Gasteiger partial charge < -0.3 is 15.0 Å². The van der Waals surface area contributed by atoms with Crippen LogP contribution in [0.5, 0.6) is 0 Å². The number of rotatable bonds is 6. The van der Waals surface area contributed by atoms with Crippen LogP contribution in [0.25, 0.3) is 10.9 Å². The Morgan fingerprint density at radius 2 is 2.00 bits per heavy atom. The molecule has 0 aliphatic rings. The average molecular weight is 371 g/mol. The highest BCUT2D eigenvalue weighted by Gasteiger charge is 2.15. The van der Waals surface area contributed by atoms with Crippen LogP contribution in [0.3, 0.4) is 0 Å². The van der Waals surface area contributed by atoms with Crippen molar-refractivity contribution in [2.45, 2.75) is 6.42 Å². The molecule has 9 heteroatoms. The lowest BCUT2D eigenvalue weighted by molar-refractivity contribution is -0.384. The molecule has 0 radical (unpaired) electrons. The Balaban J connectivity index is 1.57. The highest BCUT2D eigenvalue weighted by Crippen LogP contribution is 2.21. The molecule has 138 valence electrons. The molecule has 2 aromatic carbocycles. The van der Waals surface area contributed by atoms with Gasteiger partial charge in [-0.05, 0) is 17.7 Å². The number of amides is 1. The van der Waals surface area contributed by atoms with E-state index in [1.54, 1.807) is 6.20 Å². The standard InChI is InChI=1S/C18H14FN3O5/c19-14-6-5-12(22(25)26)8-16(14)21-17(23)10-27-18(24)7-11-9-20-15-4-2-1-3-13(11)15/h1-6,8-9,20H,7,10H2,(H,21,23). The van der Waals surface area contributed by atoms with Crippen molar-refractivity contribution in [3.8, 4) is 0 Å². The zero-order valence-corrected chi connectivity index (χ0v) is 13.9. The molecular weight excluding hydrogens is 357 g/mol. The smallest absolute Gasteiger partial charge is 0.310 e. The number of aromatic amines is 1. The number of esters is 1. The molecule has 0 atom stereocenters. The lowest BCUT2D eigenvalue weighted by atomic mass is 10.1. The van der Waals surface area contributed by atoms with Crippen LogP contribution in [0, 0.1) is 15.9 Å². The molecule has 0 saturated carbocycles. The number of anilines is 1. The number of fused-ring (bicyclic) bond motifs is 1. The quantitative estimate of drug-likeness (QED) is 0.393. The van der Waals surface area contributed by atoms with Gasteiger partial charge in [0.2, 0.25) is 0 Å². The molecule has 8 nitrogen and oxygen atoms in total. The summed E-state index contributed by atoms with van der Waals surface area (Å²) in [5.41, 5.74) is 0.866. The highest BCUT2D eigenvalue weighted by molar-refractivity contribution is 5.93. The Labute approximate surface area is 152 Å². The molecule has 1 amide bonds. The maximum absolute atomic E-state index is 13.6. The van der Waals surface area contributed by atoms with Crippen molar-refractivity contribution >= 4 is 34.2 Å². The van der Waals surface area contributed by atoms with Crippen LogP contribution < -0.4 is 5.32 Å². The van der Waals surface area contributed by atoms with Crippen molar-refractivity contribution in [1.29, 1.82) is 0 Å². The van der Waals surface area contributed by atoms with Crippen molar-refractivity contribution in [3.05, 3.63) is 70.2 Å². The number of benzene rings is 2. The number of H-pyrrole nitrogens is 1. The topological polar surface area (TPSA) is 114 Å². The van der Waals surface area contributed by atoms with E-state index in [0.29, 0.717) is 0 Å². The van der Waals surface area contributed by atoms with E-state index >= 15 is 0 Å². The lowest BCUT2D eigenvalue weighted by Gasteiger charge is -2.07. The van der Waals surface area contributed by atoms with E-state index in [1.165, 1.54) is 0 Å². The third-order valence-corrected chi connectivity index (χ3v) is 3.81. The number of nitrogens with one attached hydrogen (secondary N) is 2. The number of hydrogen-bond acceptors (Lipinski definition) is 5. The molecule has 0 saturated heterocycles. The second-order valence-corrected chi connectivity index (χ2v) is 5.67. The fourth-order valence-corrected chi connectivity index (χ4v) is 2.54. The number of nitro groups is 1. The molecule has 0 aliphatic carbocycles. The van der Waals surface area contributed by atoms with Gasteiger partial charge in [-0.1, -0.05) is 18.2 Å². The molecular formula is C18H14FN3O5. The summed E-state index contributed by atoms with van der Waals surface area (Å²) in [4.78, 5) is 36.8. The zero-order chi connectivity index (χ0) is 19.4. The number of para-hydroxylation sites is 1. The first-order valence-corrected chi connectivity index (χ1v) is 7.88. The Bertz CT molecular complexity index is 1030. The first-order valence-electron chi connectivity index (χ1n) is 7.88. The summed E-state index contributed by atoms with van der Waals surface area (Å²) < 4.78 is 18.5. The highest BCUT2D eigenvalue weighted by atomic mass is 19.1. The van der Waals surface area contributed by atoms with Crippen LogP contribution in [0.1, 0.15) is 5.56 Å². The van der Waals surface area contributed by atoms with Gasteiger partial charge in [0, 0.05) is 29.2 Å². The minimum absolute atomic E-state index is 0.0392. The Kier molecular flexibility index (Phi) is 5.11. The summed E-state index contributed by atoms with van der Waals surface area (Å²) >= 11 is 0. The van der Waals surface area contributed by atoms with Crippen molar-refractivity contribution in [1.82, 2.24) is 4.98 Å². The second-order valence-electron chi connectivity index (χ2n) is 5.67. The summed E-state index contributed by atoms with van der Waals surface area (Å²) in [6, 6.07) is 10.2. The third kappa shape index (κ3) is 4.27. The number of carbonyl (C=O) groups is 2. The SMILES string of the molecule is O=C(COC(=O)Cc1c[nH]c2ccccc12)Nc1cc([N+](=O)[O-])ccc1F. The van der Waals surface area contributed by atoms with Gasteiger partial charge in [-0.2, -0.15) is 0 Å². The molecule has 0 spiro atoms. The van der Waals surface area contributed by atoms with E-state index in [9.17, 15) is 24.1 Å². The molecule has 1 heterocycles. The molecule has 3 aromatic rings. The fraction of sp³-hybridized carbons (Fsp3) is 0.111. The summed E-state index contributed by atoms with van der Waals surface area (Å²) in [6.45, 7) is -0.636. The minimum Gasteiger partial charge on any atom is -0.455 e. The van der Waals surface area contributed by atoms with Crippen LogP contribution in [0.2, 0.25) is 0 Å². The lowest BCUT2D eigenvalue weighted by Crippen LogP contribution is -2.22. The van der Waals surface area contributed by atoms with Gasteiger partial charge in [0.1, 0.15) is 5.82 Å². The summed E-state index contributed by atoms with van der Waals surface area (Å²) in [5, 5.41) is 13.7. The summed E-state index contributed by atoms with van der Waals surface area (Å²) in [5.74, 6) is -2.27. The zero-order valence-electron chi connectivity index (χ0n) is 13.9. The van der Waals surface area contributed by atoms with E-state index in [4.69, 9.17) is 4.74 Å². The van der Waals surface area contributed by atoms with E-state index in [2.05, 4.69) is 10.3 Å². The number of non-ortho nitro benzene ring substituents is 1. The molecule has 0 unspecified atom stereocenters. The molecule has 0 bridgehead atoms. The monoisotopic (exact) mass is 371 g/mol. The van der Waals surface area contributed by atoms with Gasteiger partial charge in [0.25, 0.3) is 11.6 Å². The number of hydrogen-bond donors (Lipinski definition) is 2. The Morgan fingerprint density at radius 3 is 2.78 bits per heavy atom. The number of nitrogens with zero attached hydrogens (tertiary/aromatic N) is 1. The van der Waals surface area contributed by atoms with E-state index < -0.39 is 29.2 Å². The Hall–Kier alpha value is -3.75. The van der Waals surface area contributed by atoms with Crippen LogP contribution in [0.4, 0.5) is 15.8 Å². The maximum atomic E-state index is 13.6. The number of halogens is 1. The first-order chi connectivity index (χ1) is 12.9. The molecule has 3 rings (SSSR count). The summed E-state index contributed by atoms with van der Waals surface area (Å²) in [7, 11) is 0. The molecule has 0 fully saturated rings. The van der Waals surface area contributed by atoms with Crippen LogP contribution in [0.15, 0.2) is 48.7 Å². The predicted molar refractivity (Wildman–Crippen MR) is 94.6 cm³/mol. The van der Waals surface area contributed by atoms with Gasteiger partial charge in [0.15, 0.2) is 6.61 Å². The van der Waals surface area contributed by atoms with E-state index in [-0.39, 0.29) is 17.8 Å². The molecule has 27 heavy (non-hydrogen) atoms.